The third-order valence-corrected chi connectivity index (χ3v) is 1.54. The molecule has 0 bridgehead atoms. The number of ether oxygens (including phenoxy) is 1. The second-order valence-electron chi connectivity index (χ2n) is 2.54. The summed E-state index contributed by atoms with van der Waals surface area (Å²) in [5, 5.41) is 7.46. The number of hydrogen-bond donors (Lipinski definition) is 1. The Balaban J connectivity index is 2.51. The lowest BCUT2D eigenvalue weighted by Gasteiger charge is -2.00. The SMILES string of the molecule is C/C=C/N=NNc1ccc(OC)cc1. The van der Waals surface area contributed by atoms with E-state index < -0.39 is 0 Å². The largest absolute Gasteiger partial charge is 0.497 e. The minimum Gasteiger partial charge on any atom is -0.497 e. The predicted molar refractivity (Wildman–Crippen MR) is 56.3 cm³/mol. The summed E-state index contributed by atoms with van der Waals surface area (Å²) in [6.45, 7) is 1.88. The topological polar surface area (TPSA) is 46.0 Å². The molecule has 1 rings (SSSR count). The summed E-state index contributed by atoms with van der Waals surface area (Å²) in [4.78, 5) is 0. The van der Waals surface area contributed by atoms with E-state index in [4.69, 9.17) is 4.74 Å². The Morgan fingerprint density at radius 2 is 2.00 bits per heavy atom. The van der Waals surface area contributed by atoms with Crippen LogP contribution in [0.4, 0.5) is 5.69 Å². The molecule has 0 radical (unpaired) electrons. The van der Waals surface area contributed by atoms with Gasteiger partial charge >= 0.3 is 0 Å². The van der Waals surface area contributed by atoms with Gasteiger partial charge in [-0.25, -0.2) is 0 Å². The van der Waals surface area contributed by atoms with Crippen LogP contribution in [0.15, 0.2) is 46.9 Å². The number of benzene rings is 1. The molecule has 0 atom stereocenters. The van der Waals surface area contributed by atoms with Crippen LogP contribution in [0.5, 0.6) is 5.75 Å². The van der Waals surface area contributed by atoms with Gasteiger partial charge in [-0.05, 0) is 31.2 Å². The van der Waals surface area contributed by atoms with Crippen LogP contribution in [-0.4, -0.2) is 7.11 Å². The number of rotatable bonds is 4. The molecular weight excluding hydrogens is 178 g/mol. The second kappa shape index (κ2) is 5.75. The Morgan fingerprint density at radius 1 is 1.29 bits per heavy atom. The van der Waals surface area contributed by atoms with Crippen LogP contribution in [0.1, 0.15) is 6.92 Å². The number of hydrogen-bond acceptors (Lipinski definition) is 3. The van der Waals surface area contributed by atoms with Crippen molar-refractivity contribution in [3.05, 3.63) is 36.5 Å². The van der Waals surface area contributed by atoms with E-state index in [1.54, 1.807) is 19.4 Å². The third-order valence-electron chi connectivity index (χ3n) is 1.54. The highest BCUT2D eigenvalue weighted by Gasteiger charge is 1.90. The molecule has 0 aliphatic carbocycles. The van der Waals surface area contributed by atoms with Crippen molar-refractivity contribution in [2.24, 2.45) is 10.3 Å². The average Bonchev–Trinajstić information content (AvgIpc) is 2.25. The van der Waals surface area contributed by atoms with E-state index in [1.807, 2.05) is 31.2 Å². The van der Waals surface area contributed by atoms with Gasteiger partial charge in [0.2, 0.25) is 0 Å². The van der Waals surface area contributed by atoms with Crippen molar-refractivity contribution in [3.8, 4) is 5.75 Å². The van der Waals surface area contributed by atoms with Crippen molar-refractivity contribution in [2.45, 2.75) is 6.92 Å². The molecule has 14 heavy (non-hydrogen) atoms. The Bertz CT molecular complexity index is 317. The van der Waals surface area contributed by atoms with Crippen LogP contribution >= 0.6 is 0 Å². The molecule has 1 N–H and O–H groups in total. The van der Waals surface area contributed by atoms with Gasteiger partial charge in [0, 0.05) is 6.20 Å². The molecular formula is C10H13N3O. The summed E-state index contributed by atoms with van der Waals surface area (Å²) in [6, 6.07) is 7.45. The highest BCUT2D eigenvalue weighted by atomic mass is 16.5. The predicted octanol–water partition coefficient (Wildman–Crippen LogP) is 3.01. The average molecular weight is 191 g/mol. The number of nitrogens with zero attached hydrogens (tertiary/aromatic N) is 2. The number of anilines is 1. The van der Waals surface area contributed by atoms with Gasteiger partial charge in [-0.15, -0.1) is 5.11 Å². The molecule has 4 heteroatoms. The van der Waals surface area contributed by atoms with E-state index >= 15 is 0 Å². The summed E-state index contributed by atoms with van der Waals surface area (Å²) in [5.74, 6) is 0.820. The lowest BCUT2D eigenvalue weighted by Crippen LogP contribution is -1.87. The van der Waals surface area contributed by atoms with Crippen molar-refractivity contribution >= 4 is 5.69 Å². The Kier molecular flexibility index (Phi) is 4.20. The first-order chi connectivity index (χ1) is 6.86. The summed E-state index contributed by atoms with van der Waals surface area (Å²) in [6.07, 6.45) is 3.41. The highest BCUT2D eigenvalue weighted by Crippen LogP contribution is 2.14. The molecule has 4 nitrogen and oxygen atoms in total. The van der Waals surface area contributed by atoms with Crippen LogP contribution in [-0.2, 0) is 0 Å². The number of allylic oxidation sites excluding steroid dienone is 1. The fourth-order valence-electron chi connectivity index (χ4n) is 0.852. The monoisotopic (exact) mass is 191 g/mol. The lowest BCUT2D eigenvalue weighted by molar-refractivity contribution is 0.415. The molecule has 0 spiro atoms. The van der Waals surface area contributed by atoms with Crippen LogP contribution in [0.2, 0.25) is 0 Å². The fourth-order valence-corrected chi connectivity index (χ4v) is 0.852. The summed E-state index contributed by atoms with van der Waals surface area (Å²) >= 11 is 0. The second-order valence-corrected chi connectivity index (χ2v) is 2.54. The van der Waals surface area contributed by atoms with Gasteiger partial charge < -0.3 is 4.74 Å². The Morgan fingerprint density at radius 3 is 2.57 bits per heavy atom. The van der Waals surface area contributed by atoms with E-state index in [-0.39, 0.29) is 0 Å². The van der Waals surface area contributed by atoms with Crippen LogP contribution in [0, 0.1) is 0 Å². The van der Waals surface area contributed by atoms with E-state index in [9.17, 15) is 0 Å². The molecule has 0 unspecified atom stereocenters. The quantitative estimate of drug-likeness (QED) is 0.587. The molecule has 0 amide bonds. The first kappa shape index (κ1) is 10.2. The van der Waals surface area contributed by atoms with Gasteiger partial charge in [0.25, 0.3) is 0 Å². The summed E-state index contributed by atoms with van der Waals surface area (Å²) in [5.41, 5.74) is 3.66. The zero-order valence-corrected chi connectivity index (χ0v) is 8.27. The van der Waals surface area contributed by atoms with Crippen LogP contribution < -0.4 is 10.2 Å². The maximum atomic E-state index is 5.02. The first-order valence-corrected chi connectivity index (χ1v) is 4.28. The maximum absolute atomic E-state index is 5.02. The lowest BCUT2D eigenvalue weighted by atomic mass is 10.3. The van der Waals surface area contributed by atoms with Gasteiger partial charge in [-0.2, -0.15) is 0 Å². The van der Waals surface area contributed by atoms with Gasteiger partial charge in [0.05, 0.1) is 12.8 Å². The normalized spacial score (nSPS) is 11.0. The molecule has 1 aromatic rings. The molecule has 1 aromatic carbocycles. The molecule has 0 heterocycles. The smallest absolute Gasteiger partial charge is 0.119 e. The third kappa shape index (κ3) is 3.26. The van der Waals surface area contributed by atoms with Gasteiger partial charge in [-0.1, -0.05) is 11.3 Å². The standard InChI is InChI=1S/C10H13N3O/c1-3-8-11-13-12-9-4-6-10(14-2)7-5-9/h3-8H,1-2H3,(H,11,12)/b8-3+. The van der Waals surface area contributed by atoms with Crippen molar-refractivity contribution < 1.29 is 4.74 Å². The van der Waals surface area contributed by atoms with Crippen molar-refractivity contribution in [1.29, 1.82) is 0 Å². The Hall–Kier alpha value is -1.84. The van der Waals surface area contributed by atoms with Crippen LogP contribution in [0.25, 0.3) is 0 Å². The summed E-state index contributed by atoms with van der Waals surface area (Å²) in [7, 11) is 1.63. The first-order valence-electron chi connectivity index (χ1n) is 4.28. The molecule has 0 aliphatic rings. The molecule has 0 saturated carbocycles. The minimum absolute atomic E-state index is 0.820. The minimum atomic E-state index is 0.820. The van der Waals surface area contributed by atoms with Gasteiger partial charge in [0.15, 0.2) is 0 Å². The van der Waals surface area contributed by atoms with Crippen molar-refractivity contribution in [2.75, 3.05) is 12.5 Å². The number of nitrogens with one attached hydrogen (secondary N) is 1. The van der Waals surface area contributed by atoms with Crippen molar-refractivity contribution in [3.63, 3.8) is 0 Å². The molecule has 0 aromatic heterocycles. The molecule has 0 fully saturated rings. The fraction of sp³-hybridized carbons (Fsp3) is 0.200. The van der Waals surface area contributed by atoms with E-state index in [0.29, 0.717) is 0 Å². The molecule has 0 saturated heterocycles. The van der Waals surface area contributed by atoms with E-state index in [0.717, 1.165) is 11.4 Å². The van der Waals surface area contributed by atoms with E-state index in [1.165, 1.54) is 0 Å². The molecule has 0 aliphatic heterocycles. The van der Waals surface area contributed by atoms with Gasteiger partial charge in [-0.3, -0.25) is 5.43 Å². The van der Waals surface area contributed by atoms with Crippen LogP contribution in [0.3, 0.4) is 0 Å². The number of methoxy groups -OCH3 is 1. The zero-order chi connectivity index (χ0) is 10.2. The van der Waals surface area contributed by atoms with Gasteiger partial charge in [0.1, 0.15) is 5.75 Å². The highest BCUT2D eigenvalue weighted by molar-refractivity contribution is 5.45. The van der Waals surface area contributed by atoms with E-state index in [2.05, 4.69) is 15.8 Å². The Labute approximate surface area is 83.3 Å². The molecule has 74 valence electrons. The maximum Gasteiger partial charge on any atom is 0.119 e. The summed E-state index contributed by atoms with van der Waals surface area (Å²) < 4.78 is 5.02. The zero-order valence-electron chi connectivity index (χ0n) is 8.27. The van der Waals surface area contributed by atoms with Crippen molar-refractivity contribution in [1.82, 2.24) is 0 Å².